The lowest BCUT2D eigenvalue weighted by Gasteiger charge is -2.14. The number of carbonyl (C=O) groups excluding carboxylic acids is 1. The first-order valence-corrected chi connectivity index (χ1v) is 11.0. The molecular weight excluding hydrogens is 467 g/mol. The molecule has 192 valence electrons. The molecule has 1 N–H and O–H groups in total. The fraction of sp³-hybridized carbons (Fsp3) is 0.542. The summed E-state index contributed by atoms with van der Waals surface area (Å²) in [5.74, 6) is -2.04. The number of hydrogen-bond acceptors (Lipinski definition) is 2. The van der Waals surface area contributed by atoms with Crippen LogP contribution in [0.25, 0.3) is 0 Å². The summed E-state index contributed by atoms with van der Waals surface area (Å²) in [5, 5.41) is 2.47. The average molecular weight is 497 g/mol. The molecule has 0 aliphatic rings. The van der Waals surface area contributed by atoms with Crippen molar-refractivity contribution < 1.29 is 40.3 Å². The number of alkyl halides is 6. The van der Waals surface area contributed by atoms with Crippen molar-refractivity contribution in [3.63, 3.8) is 0 Å². The Morgan fingerprint density at radius 2 is 1.47 bits per heavy atom. The Morgan fingerprint density at radius 3 is 2.00 bits per heavy atom. The van der Waals surface area contributed by atoms with Gasteiger partial charge in [-0.2, -0.15) is 26.3 Å². The van der Waals surface area contributed by atoms with E-state index in [2.05, 4.69) is 5.32 Å². The van der Waals surface area contributed by atoms with Crippen molar-refractivity contribution in [3.05, 3.63) is 52.9 Å². The Balaban J connectivity index is 2.36. The fourth-order valence-corrected chi connectivity index (χ4v) is 2.93. The van der Waals surface area contributed by atoms with Crippen molar-refractivity contribution in [2.24, 2.45) is 0 Å². The predicted octanol–water partition coefficient (Wildman–Crippen LogP) is 7.77. The molecule has 0 spiro atoms. The number of halogens is 7. The van der Waals surface area contributed by atoms with Crippen LogP contribution < -0.4 is 10.1 Å². The van der Waals surface area contributed by atoms with E-state index in [1.165, 1.54) is 6.92 Å². The maximum absolute atomic E-state index is 13.9. The summed E-state index contributed by atoms with van der Waals surface area (Å²) < 4.78 is 96.1. The largest absolute Gasteiger partial charge is 0.494 e. The van der Waals surface area contributed by atoms with Crippen LogP contribution in [0.4, 0.5) is 30.7 Å². The van der Waals surface area contributed by atoms with Crippen LogP contribution >= 0.6 is 0 Å². The standard InChI is InChI=1S/C24H30F7NO2/c1-16(2)32-22(33)21(25)17(3)11-9-7-5-4-6-8-10-12-34-20-14-18(23(26,27)28)13-19(15-20)24(29,30)31/h9,11,13-16H,4-8,10,12H2,1-3H3,(H,32,33)/b11-9+,21-17-. The van der Waals surface area contributed by atoms with Crippen molar-refractivity contribution in [1.82, 2.24) is 5.32 Å². The van der Waals surface area contributed by atoms with Crippen LogP contribution in [0.3, 0.4) is 0 Å². The first kappa shape index (κ1) is 29.5. The lowest BCUT2D eigenvalue weighted by Crippen LogP contribution is -2.30. The van der Waals surface area contributed by atoms with Gasteiger partial charge in [-0.05, 0) is 63.8 Å². The summed E-state index contributed by atoms with van der Waals surface area (Å²) >= 11 is 0. The quantitative estimate of drug-likeness (QED) is 0.139. The van der Waals surface area contributed by atoms with Crippen LogP contribution in [0.15, 0.2) is 41.8 Å². The van der Waals surface area contributed by atoms with E-state index in [4.69, 9.17) is 4.74 Å². The topological polar surface area (TPSA) is 38.3 Å². The molecule has 0 bridgehead atoms. The highest BCUT2D eigenvalue weighted by atomic mass is 19.4. The Hall–Kier alpha value is -2.52. The van der Waals surface area contributed by atoms with Crippen molar-refractivity contribution in [3.8, 4) is 5.75 Å². The Bertz CT molecular complexity index is 824. The summed E-state index contributed by atoms with van der Waals surface area (Å²) in [6.07, 6.45) is -2.20. The van der Waals surface area contributed by atoms with Crippen molar-refractivity contribution in [2.45, 2.75) is 77.7 Å². The van der Waals surface area contributed by atoms with Crippen LogP contribution in [0.5, 0.6) is 5.75 Å². The SMILES string of the molecule is CC(/C=C/CCCCCCCOc1cc(C(F)(F)F)cc(C(F)(F)F)c1)=C(/F)C(=O)NC(C)C. The molecular formula is C24H30F7NO2. The maximum Gasteiger partial charge on any atom is 0.416 e. The molecule has 0 unspecified atom stereocenters. The molecule has 10 heteroatoms. The number of rotatable bonds is 12. The molecule has 1 amide bonds. The predicted molar refractivity (Wildman–Crippen MR) is 116 cm³/mol. The summed E-state index contributed by atoms with van der Waals surface area (Å²) in [5.41, 5.74) is -2.58. The van der Waals surface area contributed by atoms with Gasteiger partial charge in [0.15, 0.2) is 5.83 Å². The number of amides is 1. The van der Waals surface area contributed by atoms with E-state index in [-0.39, 0.29) is 24.3 Å². The molecule has 3 nitrogen and oxygen atoms in total. The van der Waals surface area contributed by atoms with E-state index in [0.717, 1.165) is 19.3 Å². The average Bonchev–Trinajstić information content (AvgIpc) is 2.72. The van der Waals surface area contributed by atoms with Crippen LogP contribution in [0.1, 0.15) is 70.4 Å². The molecule has 0 saturated carbocycles. The van der Waals surface area contributed by atoms with E-state index >= 15 is 0 Å². The molecule has 1 aromatic carbocycles. The molecule has 0 saturated heterocycles. The van der Waals surface area contributed by atoms with E-state index in [1.54, 1.807) is 26.0 Å². The summed E-state index contributed by atoms with van der Waals surface area (Å²) in [7, 11) is 0. The van der Waals surface area contributed by atoms with Gasteiger partial charge >= 0.3 is 12.4 Å². The highest BCUT2D eigenvalue weighted by Crippen LogP contribution is 2.38. The minimum absolute atomic E-state index is 0.000216. The number of ether oxygens (including phenoxy) is 1. The second-order valence-corrected chi connectivity index (χ2v) is 8.17. The monoisotopic (exact) mass is 497 g/mol. The maximum atomic E-state index is 13.9. The lowest BCUT2D eigenvalue weighted by atomic mass is 10.1. The van der Waals surface area contributed by atoms with Gasteiger partial charge in [0.2, 0.25) is 0 Å². The summed E-state index contributed by atoms with van der Waals surface area (Å²) in [6.45, 7) is 4.98. The first-order chi connectivity index (χ1) is 15.7. The number of unbranched alkanes of at least 4 members (excludes halogenated alkanes) is 5. The minimum Gasteiger partial charge on any atom is -0.494 e. The number of allylic oxidation sites excluding steroid dienone is 3. The Kier molecular flexibility index (Phi) is 11.6. The van der Waals surface area contributed by atoms with Crippen LogP contribution in [0, 0.1) is 0 Å². The van der Waals surface area contributed by atoms with Crippen molar-refractivity contribution in [2.75, 3.05) is 6.61 Å². The molecule has 1 rings (SSSR count). The third kappa shape index (κ3) is 11.1. The van der Waals surface area contributed by atoms with Crippen molar-refractivity contribution in [1.29, 1.82) is 0 Å². The zero-order chi connectivity index (χ0) is 25.9. The van der Waals surface area contributed by atoms with Gasteiger partial charge in [-0.25, -0.2) is 4.39 Å². The van der Waals surface area contributed by atoms with Gasteiger partial charge in [-0.1, -0.05) is 31.4 Å². The van der Waals surface area contributed by atoms with Crippen LogP contribution in [0.2, 0.25) is 0 Å². The van der Waals surface area contributed by atoms with Gasteiger partial charge < -0.3 is 10.1 Å². The van der Waals surface area contributed by atoms with Gasteiger partial charge in [0.05, 0.1) is 17.7 Å². The fourth-order valence-electron chi connectivity index (χ4n) is 2.93. The normalized spacial score (nSPS) is 13.4. The zero-order valence-corrected chi connectivity index (χ0v) is 19.4. The van der Waals surface area contributed by atoms with Crippen LogP contribution in [-0.4, -0.2) is 18.6 Å². The zero-order valence-electron chi connectivity index (χ0n) is 19.4. The number of carbonyl (C=O) groups is 1. The molecule has 1 aromatic rings. The Labute approximate surface area is 195 Å². The second-order valence-electron chi connectivity index (χ2n) is 8.17. The smallest absolute Gasteiger partial charge is 0.416 e. The van der Waals surface area contributed by atoms with Crippen LogP contribution in [-0.2, 0) is 17.1 Å². The highest BCUT2D eigenvalue weighted by molar-refractivity contribution is 5.92. The molecule has 0 aliphatic carbocycles. The number of benzene rings is 1. The molecule has 0 fully saturated rings. The Morgan fingerprint density at radius 1 is 0.941 bits per heavy atom. The van der Waals surface area contributed by atoms with Crippen molar-refractivity contribution >= 4 is 5.91 Å². The lowest BCUT2D eigenvalue weighted by molar-refractivity contribution is -0.143. The highest BCUT2D eigenvalue weighted by Gasteiger charge is 2.37. The van der Waals surface area contributed by atoms with E-state index in [9.17, 15) is 35.5 Å². The van der Waals surface area contributed by atoms with E-state index in [1.807, 2.05) is 0 Å². The minimum atomic E-state index is -4.91. The first-order valence-electron chi connectivity index (χ1n) is 11.0. The summed E-state index contributed by atoms with van der Waals surface area (Å²) in [6, 6.07) is 1.02. The third-order valence-electron chi connectivity index (χ3n) is 4.68. The molecule has 0 aliphatic heterocycles. The second kappa shape index (κ2) is 13.4. The van der Waals surface area contributed by atoms with Gasteiger partial charge in [-0.15, -0.1) is 0 Å². The molecule has 0 aromatic heterocycles. The number of hydrogen-bond donors (Lipinski definition) is 1. The molecule has 0 heterocycles. The van der Waals surface area contributed by atoms with E-state index in [0.29, 0.717) is 31.4 Å². The van der Waals surface area contributed by atoms with E-state index < -0.39 is 41.0 Å². The van der Waals surface area contributed by atoms with Gasteiger partial charge in [0.25, 0.3) is 5.91 Å². The molecule has 34 heavy (non-hydrogen) atoms. The van der Waals surface area contributed by atoms with Gasteiger partial charge in [0, 0.05) is 6.04 Å². The molecule has 0 atom stereocenters. The third-order valence-corrected chi connectivity index (χ3v) is 4.68. The summed E-state index contributed by atoms with van der Waals surface area (Å²) in [4.78, 5) is 11.6. The molecule has 0 radical (unpaired) electrons. The number of nitrogens with one attached hydrogen (secondary N) is 1. The van der Waals surface area contributed by atoms with Gasteiger partial charge in [0.1, 0.15) is 5.75 Å². The van der Waals surface area contributed by atoms with Gasteiger partial charge in [-0.3, -0.25) is 4.79 Å².